The first-order chi connectivity index (χ1) is 16.7. The fourth-order valence-electron chi connectivity index (χ4n) is 4.62. The third-order valence-corrected chi connectivity index (χ3v) is 6.05. The van der Waals surface area contributed by atoms with Crippen LogP contribution in [0.15, 0.2) is 76.9 Å². The van der Waals surface area contributed by atoms with Gasteiger partial charge in [-0.05, 0) is 49.1 Å². The maximum atomic E-state index is 13.6. The number of ether oxygens (including phenoxy) is 1. The van der Waals surface area contributed by atoms with Crippen molar-refractivity contribution in [3.8, 4) is 0 Å². The van der Waals surface area contributed by atoms with Crippen LogP contribution in [0.3, 0.4) is 0 Å². The molecule has 1 N–H and O–H groups in total. The lowest BCUT2D eigenvalue weighted by molar-refractivity contribution is -0.118. The Morgan fingerprint density at radius 3 is 2.46 bits per heavy atom. The van der Waals surface area contributed by atoms with Gasteiger partial charge < -0.3 is 15.0 Å². The molecule has 7 heteroatoms. The number of rotatable bonds is 7. The van der Waals surface area contributed by atoms with Crippen molar-refractivity contribution in [3.05, 3.63) is 94.7 Å². The molecule has 4 rings (SSSR count). The minimum absolute atomic E-state index is 0.0182. The third-order valence-electron chi connectivity index (χ3n) is 6.05. The number of aliphatic imine (C=N–C) groups is 1. The molecule has 2 aliphatic heterocycles. The number of amides is 1. The van der Waals surface area contributed by atoms with E-state index in [2.05, 4.69) is 36.2 Å². The van der Waals surface area contributed by atoms with Crippen LogP contribution >= 0.6 is 0 Å². The predicted molar refractivity (Wildman–Crippen MR) is 132 cm³/mol. The molecule has 0 saturated heterocycles. The van der Waals surface area contributed by atoms with E-state index in [0.29, 0.717) is 23.6 Å². The second kappa shape index (κ2) is 10.4. The van der Waals surface area contributed by atoms with Crippen molar-refractivity contribution in [2.45, 2.75) is 53.1 Å². The lowest BCUT2D eigenvalue weighted by Crippen LogP contribution is -2.36. The van der Waals surface area contributed by atoms with Crippen LogP contribution in [0.2, 0.25) is 0 Å². The molecule has 2 aromatic rings. The molecule has 2 aromatic carbocycles. The summed E-state index contributed by atoms with van der Waals surface area (Å²) in [6, 6.07) is 13.7. The number of hydrogen-bond donors (Lipinski definition) is 1. The van der Waals surface area contributed by atoms with Gasteiger partial charge in [-0.15, -0.1) is 0 Å². The number of halogens is 2. The van der Waals surface area contributed by atoms with E-state index in [1.165, 1.54) is 6.07 Å². The van der Waals surface area contributed by atoms with Crippen LogP contribution in [-0.4, -0.2) is 29.0 Å². The van der Waals surface area contributed by atoms with Crippen molar-refractivity contribution < 1.29 is 18.3 Å². The summed E-state index contributed by atoms with van der Waals surface area (Å²) >= 11 is 0. The minimum atomic E-state index is -0.934. The first-order valence-electron chi connectivity index (χ1n) is 11.9. The summed E-state index contributed by atoms with van der Waals surface area (Å²) in [5, 5.41) is 2.91. The van der Waals surface area contributed by atoms with Crippen molar-refractivity contribution in [1.82, 2.24) is 10.2 Å². The molecule has 0 bridgehead atoms. The Hall–Kier alpha value is -3.48. The molecule has 2 aliphatic rings. The van der Waals surface area contributed by atoms with Gasteiger partial charge in [-0.1, -0.05) is 56.3 Å². The molecular weight excluding hydrogens is 448 g/mol. The monoisotopic (exact) mass is 479 g/mol. The van der Waals surface area contributed by atoms with E-state index >= 15 is 0 Å². The van der Waals surface area contributed by atoms with Gasteiger partial charge in [-0.25, -0.2) is 13.8 Å². The lowest BCUT2D eigenvalue weighted by Gasteiger charge is -2.32. The summed E-state index contributed by atoms with van der Waals surface area (Å²) in [4.78, 5) is 20.6. The zero-order valence-electron chi connectivity index (χ0n) is 20.5. The van der Waals surface area contributed by atoms with Crippen LogP contribution in [0.25, 0.3) is 0 Å². The summed E-state index contributed by atoms with van der Waals surface area (Å²) in [5.74, 6) is -1.73. The minimum Gasteiger partial charge on any atom is -0.475 e. The zero-order chi connectivity index (χ0) is 25.1. The summed E-state index contributed by atoms with van der Waals surface area (Å²) in [6.07, 6.45) is 3.48. The SMILES string of the molecule is CC(C)OC1=NC2C(C=C1)C(C(=O)NCc1ccc(F)c(F)c1)=C(C(C)C)N2Cc1ccccc1. The molecule has 2 atom stereocenters. The molecule has 2 heterocycles. The van der Waals surface area contributed by atoms with Gasteiger partial charge in [0.15, 0.2) is 11.6 Å². The molecular formula is C28H31F2N3O2. The summed E-state index contributed by atoms with van der Waals surface area (Å²) in [6.45, 7) is 8.72. The first-order valence-corrected chi connectivity index (χ1v) is 11.9. The van der Waals surface area contributed by atoms with E-state index < -0.39 is 11.6 Å². The van der Waals surface area contributed by atoms with Crippen LogP contribution in [0.4, 0.5) is 8.78 Å². The number of dihydropyridines is 1. The van der Waals surface area contributed by atoms with E-state index in [4.69, 9.17) is 9.73 Å². The van der Waals surface area contributed by atoms with Crippen molar-refractivity contribution in [3.63, 3.8) is 0 Å². The average Bonchev–Trinajstić information content (AvgIpc) is 3.13. The van der Waals surface area contributed by atoms with Crippen LogP contribution in [-0.2, 0) is 22.6 Å². The van der Waals surface area contributed by atoms with Gasteiger partial charge in [0.25, 0.3) is 0 Å². The fraction of sp³-hybridized carbons (Fsp3) is 0.357. The molecule has 0 radical (unpaired) electrons. The molecule has 5 nitrogen and oxygen atoms in total. The van der Waals surface area contributed by atoms with Gasteiger partial charge in [0.1, 0.15) is 6.17 Å². The second-order valence-corrected chi connectivity index (χ2v) is 9.43. The van der Waals surface area contributed by atoms with Crippen LogP contribution in [0.5, 0.6) is 0 Å². The van der Waals surface area contributed by atoms with E-state index in [0.717, 1.165) is 23.4 Å². The topological polar surface area (TPSA) is 53.9 Å². The number of allylic oxidation sites excluding steroid dienone is 1. The molecule has 184 valence electrons. The Morgan fingerprint density at radius 1 is 1.06 bits per heavy atom. The Morgan fingerprint density at radius 2 is 1.80 bits per heavy atom. The van der Waals surface area contributed by atoms with Gasteiger partial charge >= 0.3 is 0 Å². The van der Waals surface area contributed by atoms with E-state index in [1.807, 2.05) is 44.2 Å². The van der Waals surface area contributed by atoms with Gasteiger partial charge in [-0.2, -0.15) is 0 Å². The van der Waals surface area contributed by atoms with E-state index in [-0.39, 0.29) is 36.6 Å². The van der Waals surface area contributed by atoms with Crippen molar-refractivity contribution >= 4 is 11.8 Å². The Bertz CT molecular complexity index is 1170. The molecule has 1 amide bonds. The average molecular weight is 480 g/mol. The number of carbonyl (C=O) groups excluding carboxylic acids is 1. The standard InChI is InChI=1S/C28H31F2N3O2/c1-17(2)26-25(28(34)31-15-20-10-12-22(29)23(30)14-20)21-11-13-24(35-18(3)4)32-27(21)33(26)16-19-8-6-5-7-9-19/h5-14,17-18,21,27H,15-16H2,1-4H3,(H,31,34). The molecule has 0 aliphatic carbocycles. The van der Waals surface area contributed by atoms with Gasteiger partial charge in [0, 0.05) is 24.4 Å². The van der Waals surface area contributed by atoms with Gasteiger partial charge in [0.2, 0.25) is 11.8 Å². The molecule has 0 spiro atoms. The Labute approximate surface area is 205 Å². The quantitative estimate of drug-likeness (QED) is 0.583. The van der Waals surface area contributed by atoms with Crippen molar-refractivity contribution in [2.24, 2.45) is 16.8 Å². The maximum absolute atomic E-state index is 13.6. The Kier molecular flexibility index (Phi) is 7.34. The van der Waals surface area contributed by atoms with Crippen molar-refractivity contribution in [1.29, 1.82) is 0 Å². The highest BCUT2D eigenvalue weighted by Gasteiger charge is 2.44. The number of carbonyl (C=O) groups is 1. The van der Waals surface area contributed by atoms with Crippen LogP contribution < -0.4 is 5.32 Å². The molecule has 35 heavy (non-hydrogen) atoms. The smallest absolute Gasteiger partial charge is 0.249 e. The predicted octanol–water partition coefficient (Wildman–Crippen LogP) is 5.34. The maximum Gasteiger partial charge on any atom is 0.249 e. The lowest BCUT2D eigenvalue weighted by atomic mass is 9.93. The second-order valence-electron chi connectivity index (χ2n) is 9.43. The summed E-state index contributed by atoms with van der Waals surface area (Å²) in [5.41, 5.74) is 3.17. The number of fused-ring (bicyclic) bond motifs is 1. The van der Waals surface area contributed by atoms with Gasteiger partial charge in [0.05, 0.1) is 12.0 Å². The van der Waals surface area contributed by atoms with Crippen molar-refractivity contribution in [2.75, 3.05) is 0 Å². The highest BCUT2D eigenvalue weighted by molar-refractivity contribution is 5.97. The zero-order valence-corrected chi connectivity index (χ0v) is 20.5. The first kappa shape index (κ1) is 24.6. The third kappa shape index (κ3) is 5.45. The summed E-state index contributed by atoms with van der Waals surface area (Å²) < 4.78 is 32.8. The highest BCUT2D eigenvalue weighted by atomic mass is 19.2. The highest BCUT2D eigenvalue weighted by Crippen LogP contribution is 2.42. The Balaban J connectivity index is 1.66. The number of nitrogens with zero attached hydrogens (tertiary/aromatic N) is 2. The largest absolute Gasteiger partial charge is 0.475 e. The number of hydrogen-bond acceptors (Lipinski definition) is 4. The van der Waals surface area contributed by atoms with Gasteiger partial charge in [-0.3, -0.25) is 4.79 Å². The molecule has 0 aromatic heterocycles. The number of benzene rings is 2. The summed E-state index contributed by atoms with van der Waals surface area (Å²) in [7, 11) is 0. The molecule has 2 unspecified atom stereocenters. The molecule has 0 saturated carbocycles. The van der Waals surface area contributed by atoms with E-state index in [1.54, 1.807) is 0 Å². The van der Waals surface area contributed by atoms with Crippen LogP contribution in [0.1, 0.15) is 38.8 Å². The van der Waals surface area contributed by atoms with E-state index in [9.17, 15) is 13.6 Å². The number of nitrogens with one attached hydrogen (secondary N) is 1. The fourth-order valence-corrected chi connectivity index (χ4v) is 4.62. The molecule has 0 fully saturated rings. The van der Waals surface area contributed by atoms with Crippen LogP contribution in [0, 0.1) is 23.5 Å². The normalized spacial score (nSPS) is 19.3.